The predicted octanol–water partition coefficient (Wildman–Crippen LogP) is 5.15. The van der Waals surface area contributed by atoms with Crippen LogP contribution >= 0.6 is 0 Å². The molecule has 3 heteroatoms. The van der Waals surface area contributed by atoms with Gasteiger partial charge in [-0.2, -0.15) is 0 Å². The third-order valence-electron chi connectivity index (χ3n) is 5.00. The van der Waals surface area contributed by atoms with Gasteiger partial charge in [0.1, 0.15) is 0 Å². The first-order chi connectivity index (χ1) is 13.1. The molecular weight excluding hydrogens is 332 g/mol. The molecule has 1 aromatic heterocycles. The molecular formula is C24H20N2O. The molecule has 0 saturated carbocycles. The SMILES string of the molecule is C[C@H](c1ccc2ccccc2c1)c1cc(-c2ccc(C(N)=O)cc2)ccn1. The average Bonchev–Trinajstić information content (AvgIpc) is 2.73. The summed E-state index contributed by atoms with van der Waals surface area (Å²) in [6.07, 6.45) is 1.84. The maximum atomic E-state index is 11.3. The summed E-state index contributed by atoms with van der Waals surface area (Å²) in [7, 11) is 0. The number of nitrogens with two attached hydrogens (primary N) is 1. The maximum absolute atomic E-state index is 11.3. The van der Waals surface area contributed by atoms with Crippen molar-refractivity contribution in [1.29, 1.82) is 0 Å². The Kier molecular flexibility index (Phi) is 4.43. The standard InChI is InChI=1S/C24H20N2O/c1-16(20-11-8-17-4-2-3-5-21(17)14-20)23-15-22(12-13-26-23)18-6-9-19(10-7-18)24(25)27/h2-16H,1H3,(H2,25,27)/t16-/m1/s1. The van der Waals surface area contributed by atoms with Crippen LogP contribution in [0.2, 0.25) is 0 Å². The Labute approximate surface area is 158 Å². The molecule has 2 N–H and O–H groups in total. The highest BCUT2D eigenvalue weighted by Crippen LogP contribution is 2.29. The number of pyridine rings is 1. The third kappa shape index (κ3) is 3.44. The van der Waals surface area contributed by atoms with Crippen LogP contribution < -0.4 is 5.73 Å². The smallest absolute Gasteiger partial charge is 0.248 e. The number of fused-ring (bicyclic) bond motifs is 1. The van der Waals surface area contributed by atoms with Crippen molar-refractivity contribution in [2.45, 2.75) is 12.8 Å². The van der Waals surface area contributed by atoms with E-state index in [4.69, 9.17) is 5.73 Å². The fraction of sp³-hybridized carbons (Fsp3) is 0.0833. The quantitative estimate of drug-likeness (QED) is 0.552. The summed E-state index contributed by atoms with van der Waals surface area (Å²) in [5, 5.41) is 2.48. The minimum atomic E-state index is -0.415. The van der Waals surface area contributed by atoms with Crippen LogP contribution in [-0.4, -0.2) is 10.9 Å². The molecule has 4 rings (SSSR count). The van der Waals surface area contributed by atoms with Crippen LogP contribution in [0.1, 0.15) is 34.5 Å². The van der Waals surface area contributed by atoms with Crippen molar-refractivity contribution < 1.29 is 4.79 Å². The monoisotopic (exact) mass is 352 g/mol. The van der Waals surface area contributed by atoms with Crippen molar-refractivity contribution in [3.63, 3.8) is 0 Å². The number of benzene rings is 3. The zero-order valence-electron chi connectivity index (χ0n) is 15.1. The summed E-state index contributed by atoms with van der Waals surface area (Å²) in [5.41, 5.74) is 10.2. The van der Waals surface area contributed by atoms with E-state index in [2.05, 4.69) is 60.4 Å². The van der Waals surface area contributed by atoms with Gasteiger partial charge in [0.15, 0.2) is 0 Å². The predicted molar refractivity (Wildman–Crippen MR) is 110 cm³/mol. The summed E-state index contributed by atoms with van der Waals surface area (Å²) in [4.78, 5) is 15.8. The first-order valence-corrected chi connectivity index (χ1v) is 8.97. The number of amides is 1. The third-order valence-corrected chi connectivity index (χ3v) is 5.00. The largest absolute Gasteiger partial charge is 0.366 e. The minimum Gasteiger partial charge on any atom is -0.366 e. The van der Waals surface area contributed by atoms with Crippen molar-refractivity contribution in [2.75, 3.05) is 0 Å². The molecule has 1 amide bonds. The minimum absolute atomic E-state index is 0.180. The zero-order valence-corrected chi connectivity index (χ0v) is 15.1. The van der Waals surface area contributed by atoms with Crippen LogP contribution in [0.3, 0.4) is 0 Å². The molecule has 0 saturated heterocycles. The van der Waals surface area contributed by atoms with Gasteiger partial charge in [-0.05, 0) is 51.7 Å². The van der Waals surface area contributed by atoms with Crippen molar-refractivity contribution in [2.24, 2.45) is 5.73 Å². The number of aromatic nitrogens is 1. The van der Waals surface area contributed by atoms with E-state index in [0.717, 1.165) is 16.8 Å². The lowest BCUT2D eigenvalue weighted by Gasteiger charge is -2.14. The van der Waals surface area contributed by atoms with Crippen molar-refractivity contribution in [3.8, 4) is 11.1 Å². The highest BCUT2D eigenvalue weighted by Gasteiger charge is 2.12. The summed E-state index contributed by atoms with van der Waals surface area (Å²) >= 11 is 0. The van der Waals surface area contributed by atoms with Gasteiger partial charge in [0.05, 0.1) is 0 Å². The number of hydrogen-bond donors (Lipinski definition) is 1. The van der Waals surface area contributed by atoms with Crippen LogP contribution in [0.4, 0.5) is 0 Å². The van der Waals surface area contributed by atoms with Crippen LogP contribution in [0.15, 0.2) is 85.1 Å². The topological polar surface area (TPSA) is 56.0 Å². The summed E-state index contributed by atoms with van der Waals surface area (Å²) in [6.45, 7) is 2.17. The molecule has 132 valence electrons. The highest BCUT2D eigenvalue weighted by molar-refractivity contribution is 5.93. The number of nitrogens with zero attached hydrogens (tertiary/aromatic N) is 1. The highest BCUT2D eigenvalue weighted by atomic mass is 16.1. The van der Waals surface area contributed by atoms with Gasteiger partial charge in [0, 0.05) is 23.4 Å². The van der Waals surface area contributed by atoms with Crippen LogP contribution in [-0.2, 0) is 0 Å². The molecule has 3 aromatic carbocycles. The molecule has 4 aromatic rings. The fourth-order valence-corrected chi connectivity index (χ4v) is 3.34. The second-order valence-electron chi connectivity index (χ2n) is 6.74. The number of carbonyl (C=O) groups is 1. The van der Waals surface area contributed by atoms with Gasteiger partial charge >= 0.3 is 0 Å². The van der Waals surface area contributed by atoms with Gasteiger partial charge in [-0.25, -0.2) is 0 Å². The molecule has 0 fully saturated rings. The van der Waals surface area contributed by atoms with E-state index < -0.39 is 5.91 Å². The van der Waals surface area contributed by atoms with Crippen LogP contribution in [0, 0.1) is 0 Å². The van der Waals surface area contributed by atoms with E-state index in [9.17, 15) is 4.79 Å². The van der Waals surface area contributed by atoms with Gasteiger partial charge in [-0.3, -0.25) is 9.78 Å². The zero-order chi connectivity index (χ0) is 18.8. The molecule has 0 unspecified atom stereocenters. The molecule has 0 bridgehead atoms. The molecule has 0 radical (unpaired) electrons. The Hall–Kier alpha value is -3.46. The van der Waals surface area contributed by atoms with Gasteiger partial charge < -0.3 is 5.73 Å². The molecule has 0 aliphatic rings. The van der Waals surface area contributed by atoms with Crippen LogP contribution in [0.25, 0.3) is 21.9 Å². The van der Waals surface area contributed by atoms with E-state index in [0.29, 0.717) is 5.56 Å². The van der Waals surface area contributed by atoms with Crippen LogP contribution in [0.5, 0.6) is 0 Å². The molecule has 0 aliphatic heterocycles. The lowest BCUT2D eigenvalue weighted by molar-refractivity contribution is 0.100. The molecule has 0 spiro atoms. The Bertz CT molecular complexity index is 1120. The lowest BCUT2D eigenvalue weighted by Crippen LogP contribution is -2.10. The normalized spacial score (nSPS) is 12.0. The lowest BCUT2D eigenvalue weighted by atomic mass is 9.93. The second kappa shape index (κ2) is 7.04. The summed E-state index contributed by atoms with van der Waals surface area (Å²) < 4.78 is 0. The van der Waals surface area contributed by atoms with Crippen molar-refractivity contribution >= 4 is 16.7 Å². The molecule has 3 nitrogen and oxygen atoms in total. The second-order valence-corrected chi connectivity index (χ2v) is 6.74. The number of primary amides is 1. The maximum Gasteiger partial charge on any atom is 0.248 e. The van der Waals surface area contributed by atoms with Crippen molar-refractivity contribution in [1.82, 2.24) is 4.98 Å². The van der Waals surface area contributed by atoms with Crippen molar-refractivity contribution in [3.05, 3.63) is 102 Å². The molecule has 1 atom stereocenters. The number of rotatable bonds is 4. The van der Waals surface area contributed by atoms with E-state index in [1.54, 1.807) is 12.1 Å². The van der Waals surface area contributed by atoms with E-state index in [1.807, 2.05) is 24.4 Å². The van der Waals surface area contributed by atoms with E-state index in [-0.39, 0.29) is 5.92 Å². The van der Waals surface area contributed by atoms with Gasteiger partial charge in [-0.15, -0.1) is 0 Å². The van der Waals surface area contributed by atoms with Gasteiger partial charge in [-0.1, -0.05) is 61.5 Å². The van der Waals surface area contributed by atoms with Gasteiger partial charge in [0.25, 0.3) is 0 Å². The molecule has 1 heterocycles. The summed E-state index contributed by atoms with van der Waals surface area (Å²) in [6, 6.07) is 26.4. The molecule has 0 aliphatic carbocycles. The number of hydrogen-bond acceptors (Lipinski definition) is 2. The Balaban J connectivity index is 1.67. The Morgan fingerprint density at radius 2 is 1.59 bits per heavy atom. The first kappa shape index (κ1) is 17.0. The van der Waals surface area contributed by atoms with E-state index in [1.165, 1.54) is 16.3 Å². The van der Waals surface area contributed by atoms with E-state index >= 15 is 0 Å². The number of carbonyl (C=O) groups excluding carboxylic acids is 1. The van der Waals surface area contributed by atoms with Gasteiger partial charge in [0.2, 0.25) is 5.91 Å². The Morgan fingerprint density at radius 3 is 2.33 bits per heavy atom. The first-order valence-electron chi connectivity index (χ1n) is 8.97. The fourth-order valence-electron chi connectivity index (χ4n) is 3.34. The molecule has 27 heavy (non-hydrogen) atoms. The Morgan fingerprint density at radius 1 is 0.852 bits per heavy atom. The average molecular weight is 352 g/mol. The summed E-state index contributed by atoms with van der Waals surface area (Å²) in [5.74, 6) is -0.235.